The van der Waals surface area contributed by atoms with Crippen molar-refractivity contribution < 1.29 is 28.2 Å². The molecule has 13 heteroatoms. The SMILES string of the molecule is CN(C(=O)NCc1cccc(F)c1Cl)[C@@H](CCC(=O)N1CCN2CCOCC2C1)COC(=O)Nc1cc2ccccc2cn1. The van der Waals surface area contributed by atoms with Gasteiger partial charge in [0.1, 0.15) is 18.2 Å². The molecule has 2 saturated heterocycles. The number of nitrogens with one attached hydrogen (secondary N) is 2. The minimum atomic E-state index is -0.738. The number of anilines is 1. The molecule has 2 aromatic carbocycles. The lowest BCUT2D eigenvalue weighted by Gasteiger charge is -2.43. The lowest BCUT2D eigenvalue weighted by molar-refractivity contribution is -0.137. The van der Waals surface area contributed by atoms with E-state index in [4.69, 9.17) is 21.1 Å². The largest absolute Gasteiger partial charge is 0.447 e. The van der Waals surface area contributed by atoms with Crippen molar-refractivity contribution >= 4 is 46.2 Å². The number of urea groups is 1. The summed E-state index contributed by atoms with van der Waals surface area (Å²) in [6, 6.07) is 12.8. The number of nitrogens with zero attached hydrogens (tertiary/aromatic N) is 4. The molecular weight excluding hydrogens is 591 g/mol. The average molecular weight is 627 g/mol. The molecule has 0 radical (unpaired) electrons. The fourth-order valence-electron chi connectivity index (χ4n) is 5.42. The van der Waals surface area contributed by atoms with Crippen LogP contribution in [-0.2, 0) is 20.8 Å². The third-order valence-electron chi connectivity index (χ3n) is 8.08. The number of rotatable bonds is 9. The molecule has 2 atom stereocenters. The highest BCUT2D eigenvalue weighted by Gasteiger charge is 2.32. The van der Waals surface area contributed by atoms with Crippen LogP contribution in [0.5, 0.6) is 0 Å². The van der Waals surface area contributed by atoms with Crippen LogP contribution in [0, 0.1) is 5.82 Å². The van der Waals surface area contributed by atoms with E-state index in [-0.39, 0.29) is 43.0 Å². The fourth-order valence-corrected chi connectivity index (χ4v) is 5.61. The average Bonchev–Trinajstić information content (AvgIpc) is 3.04. The standard InChI is InChI=1S/C31H36ClFN6O5/c1-37(30(41)35-17-23-7-4-8-26(33)29(23)32)24(9-10-28(40)39-12-11-38-13-14-43-19-25(38)18-39)20-44-31(42)36-27-15-21-5-2-3-6-22(21)16-34-27/h2-8,15-16,24-25H,9-14,17-20H2,1H3,(H,35,41)(H,34,36,42)/t24-,25?/m0/s1. The Kier molecular flexibility index (Phi) is 10.5. The summed E-state index contributed by atoms with van der Waals surface area (Å²) in [5.41, 5.74) is 0.421. The van der Waals surface area contributed by atoms with Gasteiger partial charge in [-0.3, -0.25) is 15.0 Å². The third-order valence-corrected chi connectivity index (χ3v) is 8.50. The van der Waals surface area contributed by atoms with Crippen molar-refractivity contribution in [2.24, 2.45) is 0 Å². The predicted octanol–water partition coefficient (Wildman–Crippen LogP) is 4.11. The Hall–Kier alpha value is -4.00. The first-order valence-electron chi connectivity index (χ1n) is 14.6. The Balaban J connectivity index is 1.20. The van der Waals surface area contributed by atoms with Gasteiger partial charge in [-0.15, -0.1) is 0 Å². The first-order chi connectivity index (χ1) is 21.3. The molecular formula is C31H36ClFN6O5. The Morgan fingerprint density at radius 2 is 1.98 bits per heavy atom. The maximum Gasteiger partial charge on any atom is 0.412 e. The summed E-state index contributed by atoms with van der Waals surface area (Å²) in [7, 11) is 1.56. The van der Waals surface area contributed by atoms with Crippen LogP contribution in [0.25, 0.3) is 10.8 Å². The molecule has 44 heavy (non-hydrogen) atoms. The number of ether oxygens (including phenoxy) is 2. The summed E-state index contributed by atoms with van der Waals surface area (Å²) in [4.78, 5) is 48.8. The molecule has 0 aliphatic carbocycles. The lowest BCUT2D eigenvalue weighted by Crippen LogP contribution is -2.59. The minimum Gasteiger partial charge on any atom is -0.447 e. The van der Waals surface area contributed by atoms with Crippen LogP contribution in [-0.4, -0.2) is 103 Å². The first kappa shape index (κ1) is 31.4. The lowest BCUT2D eigenvalue weighted by atomic mass is 10.1. The highest BCUT2D eigenvalue weighted by Crippen LogP contribution is 2.20. The minimum absolute atomic E-state index is 0.00582. The van der Waals surface area contributed by atoms with Gasteiger partial charge in [-0.1, -0.05) is 48.0 Å². The zero-order valence-electron chi connectivity index (χ0n) is 24.5. The van der Waals surface area contributed by atoms with Gasteiger partial charge in [0, 0.05) is 57.8 Å². The van der Waals surface area contributed by atoms with Gasteiger partial charge < -0.3 is 24.6 Å². The monoisotopic (exact) mass is 626 g/mol. The number of carbonyl (C=O) groups excluding carboxylic acids is 3. The van der Waals surface area contributed by atoms with Crippen LogP contribution in [0.1, 0.15) is 18.4 Å². The molecule has 2 fully saturated rings. The number of amides is 4. The van der Waals surface area contributed by atoms with Gasteiger partial charge in [0.05, 0.1) is 30.3 Å². The molecule has 2 N–H and O–H groups in total. The maximum absolute atomic E-state index is 13.9. The van der Waals surface area contributed by atoms with Gasteiger partial charge in [-0.25, -0.2) is 19.0 Å². The van der Waals surface area contributed by atoms with Crippen molar-refractivity contribution in [3.05, 3.63) is 71.1 Å². The second-order valence-electron chi connectivity index (χ2n) is 10.9. The summed E-state index contributed by atoms with van der Waals surface area (Å²) in [5.74, 6) is -0.293. The van der Waals surface area contributed by atoms with E-state index in [1.807, 2.05) is 29.2 Å². The van der Waals surface area contributed by atoms with Crippen LogP contribution in [0.4, 0.5) is 19.8 Å². The zero-order chi connectivity index (χ0) is 31.1. The second kappa shape index (κ2) is 14.7. The van der Waals surface area contributed by atoms with Crippen molar-refractivity contribution in [2.75, 3.05) is 58.4 Å². The van der Waals surface area contributed by atoms with E-state index in [2.05, 4.69) is 20.5 Å². The smallest absolute Gasteiger partial charge is 0.412 e. The molecule has 0 bridgehead atoms. The number of hydrogen-bond donors (Lipinski definition) is 2. The van der Waals surface area contributed by atoms with Gasteiger partial charge in [-0.05, 0) is 29.5 Å². The van der Waals surface area contributed by atoms with E-state index in [0.29, 0.717) is 37.7 Å². The van der Waals surface area contributed by atoms with Crippen LogP contribution in [0.2, 0.25) is 5.02 Å². The van der Waals surface area contributed by atoms with Crippen molar-refractivity contribution in [1.29, 1.82) is 0 Å². The number of fused-ring (bicyclic) bond motifs is 2. The van der Waals surface area contributed by atoms with E-state index < -0.39 is 24.0 Å². The number of pyridine rings is 1. The molecule has 11 nitrogen and oxygen atoms in total. The number of morpholine rings is 1. The number of aromatic nitrogens is 1. The summed E-state index contributed by atoms with van der Waals surface area (Å²) in [6.45, 7) is 4.00. The molecule has 5 rings (SSSR count). The molecule has 0 saturated carbocycles. The normalized spacial score (nSPS) is 17.4. The fraction of sp³-hybridized carbons (Fsp3) is 0.419. The number of benzene rings is 2. The molecule has 234 valence electrons. The Morgan fingerprint density at radius 1 is 1.16 bits per heavy atom. The molecule has 3 heterocycles. The highest BCUT2D eigenvalue weighted by atomic mass is 35.5. The molecule has 1 aromatic heterocycles. The number of halogens is 2. The first-order valence-corrected chi connectivity index (χ1v) is 15.0. The van der Waals surface area contributed by atoms with Crippen molar-refractivity contribution in [3.8, 4) is 0 Å². The third kappa shape index (κ3) is 7.93. The van der Waals surface area contributed by atoms with Crippen LogP contribution in [0.3, 0.4) is 0 Å². The number of hydrogen-bond acceptors (Lipinski definition) is 7. The van der Waals surface area contributed by atoms with Crippen LogP contribution >= 0.6 is 11.6 Å². The summed E-state index contributed by atoms with van der Waals surface area (Å²) < 4.78 is 25.0. The molecule has 0 spiro atoms. The molecule has 2 aliphatic heterocycles. The Morgan fingerprint density at radius 3 is 2.82 bits per heavy atom. The Labute approximate surface area is 260 Å². The van der Waals surface area contributed by atoms with Crippen LogP contribution < -0.4 is 10.6 Å². The Bertz CT molecular complexity index is 1490. The quantitative estimate of drug-likeness (QED) is 0.367. The van der Waals surface area contributed by atoms with E-state index in [9.17, 15) is 18.8 Å². The summed E-state index contributed by atoms with van der Waals surface area (Å²) >= 11 is 6.04. The number of likely N-dealkylation sites (N-methyl/N-ethyl adjacent to an activating group) is 1. The van der Waals surface area contributed by atoms with Crippen molar-refractivity contribution in [3.63, 3.8) is 0 Å². The predicted molar refractivity (Wildman–Crippen MR) is 164 cm³/mol. The summed E-state index contributed by atoms with van der Waals surface area (Å²) in [6.07, 6.45) is 1.33. The number of carbonyl (C=O) groups is 3. The van der Waals surface area contributed by atoms with Gasteiger partial charge in [0.15, 0.2) is 0 Å². The zero-order valence-corrected chi connectivity index (χ0v) is 25.3. The van der Waals surface area contributed by atoms with Gasteiger partial charge in [0.2, 0.25) is 5.91 Å². The maximum atomic E-state index is 13.9. The van der Waals surface area contributed by atoms with E-state index in [1.165, 1.54) is 17.0 Å². The second-order valence-corrected chi connectivity index (χ2v) is 11.3. The molecule has 4 amide bonds. The molecule has 1 unspecified atom stereocenters. The molecule has 2 aliphatic rings. The van der Waals surface area contributed by atoms with E-state index >= 15 is 0 Å². The van der Waals surface area contributed by atoms with Gasteiger partial charge in [-0.2, -0.15) is 0 Å². The molecule has 3 aromatic rings. The van der Waals surface area contributed by atoms with Gasteiger partial charge in [0.25, 0.3) is 0 Å². The van der Waals surface area contributed by atoms with Crippen molar-refractivity contribution in [2.45, 2.75) is 31.5 Å². The highest BCUT2D eigenvalue weighted by molar-refractivity contribution is 6.31. The number of piperazine rings is 1. The van der Waals surface area contributed by atoms with Crippen molar-refractivity contribution in [1.82, 2.24) is 25.0 Å². The van der Waals surface area contributed by atoms with E-state index in [1.54, 1.807) is 25.4 Å². The summed E-state index contributed by atoms with van der Waals surface area (Å²) in [5, 5.41) is 7.13. The van der Waals surface area contributed by atoms with E-state index in [0.717, 1.165) is 23.9 Å². The van der Waals surface area contributed by atoms with Gasteiger partial charge >= 0.3 is 12.1 Å². The topological polar surface area (TPSA) is 116 Å². The van der Waals surface area contributed by atoms with Crippen LogP contribution in [0.15, 0.2) is 54.7 Å².